The number of aryl methyl sites for hydroxylation is 1. The average Bonchev–Trinajstić information content (AvgIpc) is 2.79. The Bertz CT molecular complexity index is 445. The lowest BCUT2D eigenvalue weighted by molar-refractivity contribution is 0.425. The minimum atomic E-state index is -0.376. The summed E-state index contributed by atoms with van der Waals surface area (Å²) in [6.07, 6.45) is 1.80. The Balaban J connectivity index is 0.00000162. The van der Waals surface area contributed by atoms with Gasteiger partial charge in [-0.2, -0.15) is 5.10 Å². The number of benzene rings is 1. The van der Waals surface area contributed by atoms with E-state index in [4.69, 9.17) is 0 Å². The molecule has 3 nitrogen and oxygen atoms in total. The second-order valence-electron chi connectivity index (χ2n) is 3.85. The van der Waals surface area contributed by atoms with Gasteiger partial charge in [-0.15, -0.1) is 12.4 Å². The molecule has 0 radical (unpaired) electrons. The molecule has 0 unspecified atom stereocenters. The Morgan fingerprint density at radius 1 is 1.11 bits per heavy atom. The van der Waals surface area contributed by atoms with Crippen LogP contribution in [0.15, 0.2) is 42.6 Å². The predicted molar refractivity (Wildman–Crippen MR) is 72.4 cm³/mol. The average molecular weight is 270 g/mol. The molecule has 0 saturated heterocycles. The number of hydrogen-bond donors (Lipinski definition) is 1. The molecular weight excluding hydrogens is 253 g/mol. The highest BCUT2D eigenvalue weighted by Crippen LogP contribution is 1.99. The van der Waals surface area contributed by atoms with Gasteiger partial charge in [0.25, 0.3) is 0 Å². The van der Waals surface area contributed by atoms with E-state index in [0.717, 1.165) is 12.2 Å². The van der Waals surface area contributed by atoms with Gasteiger partial charge in [0.05, 0.1) is 12.2 Å². The van der Waals surface area contributed by atoms with Crippen LogP contribution in [0.3, 0.4) is 0 Å². The first kappa shape index (κ1) is 14.7. The van der Waals surface area contributed by atoms with Crippen LogP contribution in [0.4, 0.5) is 4.39 Å². The molecule has 0 amide bonds. The summed E-state index contributed by atoms with van der Waals surface area (Å²) in [5.74, 6) is 0. The summed E-state index contributed by atoms with van der Waals surface area (Å²) in [4.78, 5) is 0. The summed E-state index contributed by atoms with van der Waals surface area (Å²) in [6, 6.07) is 12.1. The van der Waals surface area contributed by atoms with Crippen molar-refractivity contribution in [2.75, 3.05) is 6.67 Å². The third-order valence-electron chi connectivity index (χ3n) is 2.49. The Morgan fingerprint density at radius 2 is 1.89 bits per heavy atom. The fraction of sp³-hybridized carbons (Fsp3) is 0.308. The highest BCUT2D eigenvalue weighted by molar-refractivity contribution is 5.85. The Hall–Kier alpha value is -1.39. The SMILES string of the molecule is Cl.FCCn1ccc(CNCc2ccccc2)n1. The molecule has 0 aliphatic heterocycles. The Labute approximate surface area is 112 Å². The van der Waals surface area contributed by atoms with Gasteiger partial charge < -0.3 is 5.32 Å². The Kier molecular flexibility index (Phi) is 6.39. The molecule has 1 aromatic carbocycles. The number of halogens is 2. The van der Waals surface area contributed by atoms with Crippen molar-refractivity contribution >= 4 is 12.4 Å². The zero-order valence-electron chi connectivity index (χ0n) is 10.1. The lowest BCUT2D eigenvalue weighted by atomic mass is 10.2. The molecule has 0 bridgehead atoms. The van der Waals surface area contributed by atoms with Crippen LogP contribution >= 0.6 is 12.4 Å². The molecule has 0 aliphatic rings. The van der Waals surface area contributed by atoms with E-state index in [1.54, 1.807) is 10.9 Å². The minimum absolute atomic E-state index is 0. The van der Waals surface area contributed by atoms with Crippen molar-refractivity contribution in [2.24, 2.45) is 0 Å². The normalized spacial score (nSPS) is 10.1. The molecule has 1 aromatic heterocycles. The number of hydrogen-bond acceptors (Lipinski definition) is 2. The fourth-order valence-electron chi connectivity index (χ4n) is 1.64. The van der Waals surface area contributed by atoms with Crippen LogP contribution < -0.4 is 5.32 Å². The highest BCUT2D eigenvalue weighted by atomic mass is 35.5. The van der Waals surface area contributed by atoms with Crippen molar-refractivity contribution < 1.29 is 4.39 Å². The quantitative estimate of drug-likeness (QED) is 0.874. The van der Waals surface area contributed by atoms with E-state index < -0.39 is 0 Å². The standard InChI is InChI=1S/C13H16FN3.ClH/c14-7-9-17-8-6-13(16-17)11-15-10-12-4-2-1-3-5-12;/h1-6,8,15H,7,9-11H2;1H. The lowest BCUT2D eigenvalue weighted by Gasteiger charge is -2.02. The second kappa shape index (κ2) is 7.84. The van der Waals surface area contributed by atoms with Crippen molar-refractivity contribution in [3.05, 3.63) is 53.9 Å². The Morgan fingerprint density at radius 3 is 2.61 bits per heavy atom. The molecule has 0 atom stereocenters. The molecule has 1 N–H and O–H groups in total. The van der Waals surface area contributed by atoms with Gasteiger partial charge in [-0.05, 0) is 11.6 Å². The number of alkyl halides is 1. The van der Waals surface area contributed by atoms with Crippen LogP contribution in [-0.2, 0) is 19.6 Å². The van der Waals surface area contributed by atoms with Crippen molar-refractivity contribution in [3.8, 4) is 0 Å². The maximum absolute atomic E-state index is 12.1. The molecule has 0 aliphatic carbocycles. The largest absolute Gasteiger partial charge is 0.307 e. The lowest BCUT2D eigenvalue weighted by Crippen LogP contribution is -2.13. The molecule has 0 spiro atoms. The van der Waals surface area contributed by atoms with Crippen LogP contribution in [0.2, 0.25) is 0 Å². The first-order valence-corrected chi connectivity index (χ1v) is 5.71. The molecule has 2 aromatic rings. The maximum Gasteiger partial charge on any atom is 0.109 e. The van der Waals surface area contributed by atoms with Crippen molar-refractivity contribution in [2.45, 2.75) is 19.6 Å². The molecule has 98 valence electrons. The van der Waals surface area contributed by atoms with Gasteiger partial charge in [-0.25, -0.2) is 4.39 Å². The highest BCUT2D eigenvalue weighted by Gasteiger charge is 1.98. The minimum Gasteiger partial charge on any atom is -0.307 e. The van der Waals surface area contributed by atoms with Crippen LogP contribution in [0.1, 0.15) is 11.3 Å². The molecular formula is C13H17ClFN3. The summed E-state index contributed by atoms with van der Waals surface area (Å²) in [5, 5.41) is 7.55. The van der Waals surface area contributed by atoms with Crippen LogP contribution in [0, 0.1) is 0 Å². The molecule has 0 fully saturated rings. The van der Waals surface area contributed by atoms with Gasteiger partial charge in [0.2, 0.25) is 0 Å². The van der Waals surface area contributed by atoms with Gasteiger partial charge in [0.1, 0.15) is 6.67 Å². The molecule has 5 heteroatoms. The van der Waals surface area contributed by atoms with E-state index in [1.165, 1.54) is 5.56 Å². The van der Waals surface area contributed by atoms with Crippen LogP contribution in [-0.4, -0.2) is 16.5 Å². The zero-order chi connectivity index (χ0) is 11.9. The molecule has 0 saturated carbocycles. The summed E-state index contributed by atoms with van der Waals surface area (Å²) in [7, 11) is 0. The number of rotatable bonds is 6. The van der Waals surface area contributed by atoms with Crippen LogP contribution in [0.25, 0.3) is 0 Å². The third kappa shape index (κ3) is 4.47. The first-order valence-electron chi connectivity index (χ1n) is 5.71. The monoisotopic (exact) mass is 269 g/mol. The van der Waals surface area contributed by atoms with Gasteiger partial charge >= 0.3 is 0 Å². The number of nitrogens with zero attached hydrogens (tertiary/aromatic N) is 2. The zero-order valence-corrected chi connectivity index (χ0v) is 10.9. The van der Waals surface area contributed by atoms with Gasteiger partial charge in [-0.1, -0.05) is 30.3 Å². The number of nitrogens with one attached hydrogen (secondary N) is 1. The van der Waals surface area contributed by atoms with E-state index in [0.29, 0.717) is 13.1 Å². The molecule has 18 heavy (non-hydrogen) atoms. The summed E-state index contributed by atoms with van der Waals surface area (Å²) >= 11 is 0. The van der Waals surface area contributed by atoms with E-state index in [9.17, 15) is 4.39 Å². The van der Waals surface area contributed by atoms with E-state index in [1.807, 2.05) is 24.3 Å². The second-order valence-corrected chi connectivity index (χ2v) is 3.85. The van der Waals surface area contributed by atoms with Gasteiger partial charge in [-0.3, -0.25) is 4.68 Å². The van der Waals surface area contributed by atoms with Gasteiger partial charge in [0, 0.05) is 19.3 Å². The third-order valence-corrected chi connectivity index (χ3v) is 2.49. The van der Waals surface area contributed by atoms with E-state index in [-0.39, 0.29) is 19.1 Å². The summed E-state index contributed by atoms with van der Waals surface area (Å²) in [6.45, 7) is 1.47. The smallest absolute Gasteiger partial charge is 0.109 e. The van der Waals surface area contributed by atoms with Crippen molar-refractivity contribution in [1.29, 1.82) is 0 Å². The number of aromatic nitrogens is 2. The van der Waals surface area contributed by atoms with Crippen LogP contribution in [0.5, 0.6) is 0 Å². The summed E-state index contributed by atoms with van der Waals surface area (Å²) in [5.41, 5.74) is 2.19. The van der Waals surface area contributed by atoms with Crippen molar-refractivity contribution in [3.63, 3.8) is 0 Å². The fourth-order valence-corrected chi connectivity index (χ4v) is 1.64. The van der Waals surface area contributed by atoms with Crippen molar-refractivity contribution in [1.82, 2.24) is 15.1 Å². The first-order chi connectivity index (χ1) is 8.38. The van der Waals surface area contributed by atoms with E-state index in [2.05, 4.69) is 22.5 Å². The topological polar surface area (TPSA) is 29.9 Å². The van der Waals surface area contributed by atoms with E-state index >= 15 is 0 Å². The molecule has 2 rings (SSSR count). The maximum atomic E-state index is 12.1. The summed E-state index contributed by atoms with van der Waals surface area (Å²) < 4.78 is 13.7. The predicted octanol–water partition coefficient (Wildman–Crippen LogP) is 2.56. The molecule has 1 heterocycles. The van der Waals surface area contributed by atoms with Gasteiger partial charge in [0.15, 0.2) is 0 Å².